The van der Waals surface area contributed by atoms with Crippen LogP contribution in [0.5, 0.6) is 0 Å². The third-order valence-electron chi connectivity index (χ3n) is 2.64. The highest BCUT2D eigenvalue weighted by atomic mass is 15.2. The van der Waals surface area contributed by atoms with Gasteiger partial charge in [-0.05, 0) is 25.8 Å². The minimum atomic E-state index is 0.316. The van der Waals surface area contributed by atoms with Crippen LogP contribution in [-0.4, -0.2) is 29.9 Å². The van der Waals surface area contributed by atoms with E-state index in [-0.39, 0.29) is 0 Å². The molecule has 1 aliphatic rings. The van der Waals surface area contributed by atoms with Crippen LogP contribution in [0.3, 0.4) is 0 Å². The molecule has 0 spiro atoms. The fourth-order valence-electron chi connectivity index (χ4n) is 1.92. The number of nitrogens with zero attached hydrogens (tertiary/aromatic N) is 1. The van der Waals surface area contributed by atoms with Crippen LogP contribution in [0.25, 0.3) is 0 Å². The van der Waals surface area contributed by atoms with E-state index < -0.39 is 0 Å². The number of likely N-dealkylation sites (tertiary alicyclic amines) is 1. The minimum absolute atomic E-state index is 0.316. The molecule has 1 aliphatic heterocycles. The molecule has 0 aliphatic carbocycles. The van der Waals surface area contributed by atoms with Gasteiger partial charge < -0.3 is 5.73 Å². The quantitative estimate of drug-likeness (QED) is 0.490. The fourth-order valence-corrected chi connectivity index (χ4v) is 1.92. The normalized spacial score (nSPS) is 24.6. The van der Waals surface area contributed by atoms with Gasteiger partial charge in [0, 0.05) is 19.0 Å². The zero-order valence-corrected chi connectivity index (χ0v) is 7.84. The van der Waals surface area contributed by atoms with E-state index in [4.69, 9.17) is 11.1 Å². The zero-order valence-electron chi connectivity index (χ0n) is 7.84. The van der Waals surface area contributed by atoms with E-state index in [9.17, 15) is 0 Å². The third kappa shape index (κ3) is 2.48. The Balaban J connectivity index is 2.26. The second-order valence-corrected chi connectivity index (χ2v) is 3.52. The van der Waals surface area contributed by atoms with Crippen molar-refractivity contribution in [3.05, 3.63) is 0 Å². The SMILES string of the molecule is CCC1CCCN1CCC(=N)N. The highest BCUT2D eigenvalue weighted by Crippen LogP contribution is 2.19. The molecule has 0 aromatic heterocycles. The number of nitrogens with one attached hydrogen (secondary N) is 1. The van der Waals surface area contributed by atoms with Gasteiger partial charge >= 0.3 is 0 Å². The van der Waals surface area contributed by atoms with Gasteiger partial charge in [-0.15, -0.1) is 0 Å². The molecule has 70 valence electrons. The first kappa shape index (κ1) is 9.52. The standard InChI is InChI=1S/C9H19N3/c1-2-8-4-3-6-12(8)7-5-9(10)11/h8H,2-7H2,1H3,(H3,10,11). The molecule has 0 aromatic carbocycles. The van der Waals surface area contributed by atoms with E-state index in [2.05, 4.69) is 11.8 Å². The third-order valence-corrected chi connectivity index (χ3v) is 2.64. The molecule has 1 heterocycles. The smallest absolute Gasteiger partial charge is 0.0918 e. The van der Waals surface area contributed by atoms with E-state index >= 15 is 0 Å². The van der Waals surface area contributed by atoms with E-state index in [0.717, 1.165) is 19.0 Å². The maximum absolute atomic E-state index is 7.13. The van der Waals surface area contributed by atoms with Crippen LogP contribution < -0.4 is 5.73 Å². The Bertz CT molecular complexity index is 156. The Morgan fingerprint density at radius 1 is 1.67 bits per heavy atom. The lowest BCUT2D eigenvalue weighted by atomic mass is 10.2. The van der Waals surface area contributed by atoms with Crippen molar-refractivity contribution in [2.45, 2.75) is 38.6 Å². The molecule has 12 heavy (non-hydrogen) atoms. The summed E-state index contributed by atoms with van der Waals surface area (Å²) in [5.41, 5.74) is 5.31. The van der Waals surface area contributed by atoms with Crippen molar-refractivity contribution in [1.29, 1.82) is 5.41 Å². The maximum Gasteiger partial charge on any atom is 0.0918 e. The second-order valence-electron chi connectivity index (χ2n) is 3.52. The van der Waals surface area contributed by atoms with Crippen LogP contribution in [0.4, 0.5) is 0 Å². The molecular weight excluding hydrogens is 150 g/mol. The van der Waals surface area contributed by atoms with Crippen LogP contribution in [-0.2, 0) is 0 Å². The number of amidine groups is 1. The van der Waals surface area contributed by atoms with Crippen LogP contribution >= 0.6 is 0 Å². The summed E-state index contributed by atoms with van der Waals surface area (Å²) in [4.78, 5) is 2.46. The predicted molar refractivity (Wildman–Crippen MR) is 51.4 cm³/mol. The lowest BCUT2D eigenvalue weighted by Crippen LogP contribution is -2.31. The van der Waals surface area contributed by atoms with Crippen LogP contribution in [0.15, 0.2) is 0 Å². The number of hydrogen-bond acceptors (Lipinski definition) is 2. The number of nitrogens with two attached hydrogens (primary N) is 1. The second kappa shape index (κ2) is 4.45. The molecule has 1 saturated heterocycles. The lowest BCUT2D eigenvalue weighted by molar-refractivity contribution is 0.255. The van der Waals surface area contributed by atoms with Crippen LogP contribution in [0, 0.1) is 5.41 Å². The van der Waals surface area contributed by atoms with Gasteiger partial charge in [-0.25, -0.2) is 0 Å². The van der Waals surface area contributed by atoms with Gasteiger partial charge in [0.25, 0.3) is 0 Å². The van der Waals surface area contributed by atoms with Gasteiger partial charge in [-0.1, -0.05) is 6.92 Å². The summed E-state index contributed by atoms with van der Waals surface area (Å²) in [5.74, 6) is 0.316. The Morgan fingerprint density at radius 2 is 2.42 bits per heavy atom. The summed E-state index contributed by atoms with van der Waals surface area (Å²) < 4.78 is 0. The Labute approximate surface area is 74.4 Å². The van der Waals surface area contributed by atoms with Crippen LogP contribution in [0.1, 0.15) is 32.6 Å². The number of hydrogen-bond donors (Lipinski definition) is 2. The minimum Gasteiger partial charge on any atom is -0.388 e. The summed E-state index contributed by atoms with van der Waals surface area (Å²) in [6.07, 6.45) is 4.61. The maximum atomic E-state index is 7.13. The molecule has 1 fully saturated rings. The van der Waals surface area contributed by atoms with E-state index in [1.165, 1.54) is 25.8 Å². The predicted octanol–water partition coefficient (Wildman–Crippen LogP) is 1.19. The summed E-state index contributed by atoms with van der Waals surface area (Å²) in [6.45, 7) is 4.41. The molecule has 3 nitrogen and oxygen atoms in total. The molecule has 3 N–H and O–H groups in total. The summed E-state index contributed by atoms with van der Waals surface area (Å²) >= 11 is 0. The summed E-state index contributed by atoms with van der Waals surface area (Å²) in [7, 11) is 0. The Kier molecular flexibility index (Phi) is 3.53. The van der Waals surface area contributed by atoms with Gasteiger partial charge in [0.05, 0.1) is 5.84 Å². The van der Waals surface area contributed by atoms with Gasteiger partial charge in [0.2, 0.25) is 0 Å². The molecule has 1 rings (SSSR count). The van der Waals surface area contributed by atoms with Crippen molar-refractivity contribution in [3.8, 4) is 0 Å². The fraction of sp³-hybridized carbons (Fsp3) is 0.889. The molecule has 1 atom stereocenters. The molecule has 0 bridgehead atoms. The van der Waals surface area contributed by atoms with E-state index in [1.807, 2.05) is 0 Å². The highest BCUT2D eigenvalue weighted by Gasteiger charge is 2.21. The first-order valence-corrected chi connectivity index (χ1v) is 4.81. The lowest BCUT2D eigenvalue weighted by Gasteiger charge is -2.22. The van der Waals surface area contributed by atoms with Crippen molar-refractivity contribution >= 4 is 5.84 Å². The summed E-state index contributed by atoms with van der Waals surface area (Å²) in [6, 6.07) is 0.754. The topological polar surface area (TPSA) is 53.1 Å². The molecule has 0 saturated carbocycles. The van der Waals surface area contributed by atoms with Crippen molar-refractivity contribution in [1.82, 2.24) is 4.90 Å². The number of rotatable bonds is 4. The first-order valence-electron chi connectivity index (χ1n) is 4.81. The summed E-state index contributed by atoms with van der Waals surface area (Å²) in [5, 5.41) is 7.13. The van der Waals surface area contributed by atoms with Crippen molar-refractivity contribution < 1.29 is 0 Å². The molecule has 0 radical (unpaired) electrons. The van der Waals surface area contributed by atoms with Crippen molar-refractivity contribution in [3.63, 3.8) is 0 Å². The highest BCUT2D eigenvalue weighted by molar-refractivity contribution is 5.76. The Hall–Kier alpha value is -0.570. The molecular formula is C9H19N3. The zero-order chi connectivity index (χ0) is 8.97. The van der Waals surface area contributed by atoms with Gasteiger partial charge in [0.1, 0.15) is 0 Å². The molecule has 3 heteroatoms. The molecule has 1 unspecified atom stereocenters. The van der Waals surface area contributed by atoms with Crippen molar-refractivity contribution in [2.24, 2.45) is 5.73 Å². The van der Waals surface area contributed by atoms with E-state index in [1.54, 1.807) is 0 Å². The van der Waals surface area contributed by atoms with Crippen molar-refractivity contribution in [2.75, 3.05) is 13.1 Å². The average Bonchev–Trinajstić information content (AvgIpc) is 2.47. The Morgan fingerprint density at radius 3 is 3.00 bits per heavy atom. The van der Waals surface area contributed by atoms with Gasteiger partial charge in [-0.3, -0.25) is 10.3 Å². The van der Waals surface area contributed by atoms with Crippen LogP contribution in [0.2, 0.25) is 0 Å². The van der Waals surface area contributed by atoms with Gasteiger partial charge in [0.15, 0.2) is 0 Å². The molecule has 0 amide bonds. The van der Waals surface area contributed by atoms with Gasteiger partial charge in [-0.2, -0.15) is 0 Å². The monoisotopic (exact) mass is 169 g/mol. The van der Waals surface area contributed by atoms with E-state index in [0.29, 0.717) is 5.84 Å². The molecule has 0 aromatic rings. The first-order chi connectivity index (χ1) is 5.74. The largest absolute Gasteiger partial charge is 0.388 e. The average molecular weight is 169 g/mol.